The monoisotopic (exact) mass is 477 g/mol. The van der Waals surface area contributed by atoms with Crippen molar-refractivity contribution in [1.29, 1.82) is 0 Å². The fourth-order valence-electron chi connectivity index (χ4n) is 3.58. The number of nitrogens with zero attached hydrogens (tertiary/aromatic N) is 3. The number of benzene rings is 2. The highest BCUT2D eigenvalue weighted by Crippen LogP contribution is 2.35. The summed E-state index contributed by atoms with van der Waals surface area (Å²) in [6, 6.07) is 19.7. The van der Waals surface area contributed by atoms with Crippen molar-refractivity contribution in [2.75, 3.05) is 6.54 Å². The first-order chi connectivity index (χ1) is 16.0. The molecule has 0 aliphatic carbocycles. The van der Waals surface area contributed by atoms with Crippen LogP contribution in [0.15, 0.2) is 71.8 Å². The predicted octanol–water partition coefficient (Wildman–Crippen LogP) is 5.39. The minimum absolute atomic E-state index is 0.116. The molecule has 1 aromatic heterocycles. The van der Waals surface area contributed by atoms with E-state index in [0.29, 0.717) is 28.6 Å². The van der Waals surface area contributed by atoms with Crippen molar-refractivity contribution in [3.8, 4) is 16.9 Å². The van der Waals surface area contributed by atoms with Crippen molar-refractivity contribution in [2.24, 2.45) is 0 Å². The largest absolute Gasteiger partial charge is 0.481 e. The Bertz CT molecular complexity index is 1190. The molecule has 0 radical (unpaired) electrons. The van der Waals surface area contributed by atoms with E-state index in [1.807, 2.05) is 77.6 Å². The van der Waals surface area contributed by atoms with Gasteiger partial charge < -0.3 is 5.11 Å². The standard InChI is InChI=1S/C25H23N3O3S2/c29-22(30)14-8-3-9-15-27-24(31)21(33-25(27)32)16-19-17-28(20-12-6-2-7-13-20)26-23(19)18-10-4-1-5-11-18/h1-2,4-7,10-13,16-17H,3,8-9,14-15H2,(H,29,30)/b21-16+. The number of rotatable bonds is 9. The summed E-state index contributed by atoms with van der Waals surface area (Å²) in [5, 5.41) is 13.6. The van der Waals surface area contributed by atoms with E-state index in [1.165, 1.54) is 11.8 Å². The van der Waals surface area contributed by atoms with Gasteiger partial charge in [0.25, 0.3) is 5.91 Å². The molecule has 2 aromatic carbocycles. The molecule has 4 rings (SSSR count). The highest BCUT2D eigenvalue weighted by Gasteiger charge is 2.32. The molecule has 168 valence electrons. The van der Waals surface area contributed by atoms with Crippen LogP contribution in [-0.2, 0) is 9.59 Å². The molecule has 0 spiro atoms. The van der Waals surface area contributed by atoms with Gasteiger partial charge in [0.05, 0.1) is 16.3 Å². The van der Waals surface area contributed by atoms with Gasteiger partial charge in [0.15, 0.2) is 0 Å². The Morgan fingerprint density at radius 1 is 1.03 bits per heavy atom. The number of hydrogen-bond acceptors (Lipinski definition) is 5. The maximum Gasteiger partial charge on any atom is 0.303 e. The zero-order valence-electron chi connectivity index (χ0n) is 17.9. The van der Waals surface area contributed by atoms with Crippen molar-refractivity contribution < 1.29 is 14.7 Å². The van der Waals surface area contributed by atoms with Crippen LogP contribution in [0.3, 0.4) is 0 Å². The van der Waals surface area contributed by atoms with Gasteiger partial charge in [-0.2, -0.15) is 5.10 Å². The number of unbranched alkanes of at least 4 members (excludes halogenated alkanes) is 2. The summed E-state index contributed by atoms with van der Waals surface area (Å²) in [7, 11) is 0. The molecule has 6 nitrogen and oxygen atoms in total. The number of thioether (sulfide) groups is 1. The molecule has 1 aliphatic heterocycles. The van der Waals surface area contributed by atoms with Gasteiger partial charge in [-0.05, 0) is 31.1 Å². The van der Waals surface area contributed by atoms with Gasteiger partial charge in [0.1, 0.15) is 4.32 Å². The Balaban J connectivity index is 1.57. The summed E-state index contributed by atoms with van der Waals surface area (Å²) in [5.41, 5.74) is 3.53. The third-order valence-electron chi connectivity index (χ3n) is 5.24. The van der Waals surface area contributed by atoms with Gasteiger partial charge in [0, 0.05) is 30.3 Å². The Morgan fingerprint density at radius 3 is 2.42 bits per heavy atom. The van der Waals surface area contributed by atoms with E-state index in [9.17, 15) is 9.59 Å². The Hall–Kier alpha value is -3.23. The molecule has 0 bridgehead atoms. The molecule has 0 unspecified atom stereocenters. The average molecular weight is 478 g/mol. The van der Waals surface area contributed by atoms with Gasteiger partial charge in [-0.3, -0.25) is 14.5 Å². The highest BCUT2D eigenvalue weighted by atomic mass is 32.2. The van der Waals surface area contributed by atoms with Gasteiger partial charge in [-0.25, -0.2) is 4.68 Å². The molecule has 33 heavy (non-hydrogen) atoms. The van der Waals surface area contributed by atoms with Crippen molar-refractivity contribution in [3.63, 3.8) is 0 Å². The van der Waals surface area contributed by atoms with E-state index >= 15 is 0 Å². The summed E-state index contributed by atoms with van der Waals surface area (Å²) < 4.78 is 2.35. The lowest BCUT2D eigenvalue weighted by Gasteiger charge is -2.13. The molecule has 2 heterocycles. The molecule has 1 fully saturated rings. The van der Waals surface area contributed by atoms with Crippen molar-refractivity contribution in [3.05, 3.63) is 77.3 Å². The number of carboxylic acids is 1. The number of carboxylic acid groups (broad SMARTS) is 1. The molecule has 1 N–H and O–H groups in total. The maximum absolute atomic E-state index is 13.0. The lowest BCUT2D eigenvalue weighted by molar-refractivity contribution is -0.137. The lowest BCUT2D eigenvalue weighted by Crippen LogP contribution is -2.29. The van der Waals surface area contributed by atoms with E-state index in [0.717, 1.165) is 28.9 Å². The molecular weight excluding hydrogens is 454 g/mol. The zero-order chi connectivity index (χ0) is 23.2. The van der Waals surface area contributed by atoms with Crippen molar-refractivity contribution in [1.82, 2.24) is 14.7 Å². The van der Waals surface area contributed by atoms with Crippen LogP contribution in [0, 0.1) is 0 Å². The normalized spacial score (nSPS) is 14.9. The Kier molecular flexibility index (Phi) is 7.36. The minimum Gasteiger partial charge on any atom is -0.481 e. The summed E-state index contributed by atoms with van der Waals surface area (Å²) in [6.07, 6.45) is 5.98. The summed E-state index contributed by atoms with van der Waals surface area (Å²) in [5.74, 6) is -0.913. The molecular formula is C25H23N3O3S2. The van der Waals surface area contributed by atoms with Crippen LogP contribution in [-0.4, -0.2) is 42.5 Å². The second-order valence-corrected chi connectivity index (χ2v) is 9.29. The highest BCUT2D eigenvalue weighted by molar-refractivity contribution is 8.26. The fourth-order valence-corrected chi connectivity index (χ4v) is 4.88. The van der Waals surface area contributed by atoms with Crippen molar-refractivity contribution >= 4 is 46.3 Å². The topological polar surface area (TPSA) is 75.4 Å². The number of para-hydroxylation sites is 1. The van der Waals surface area contributed by atoms with Crippen LogP contribution in [0.5, 0.6) is 0 Å². The number of aromatic nitrogens is 2. The number of thiocarbonyl (C=S) groups is 1. The molecule has 1 aliphatic rings. The second kappa shape index (κ2) is 10.6. The van der Waals surface area contributed by atoms with E-state index in [-0.39, 0.29) is 12.3 Å². The predicted molar refractivity (Wildman–Crippen MR) is 135 cm³/mol. The van der Waals surface area contributed by atoms with Crippen LogP contribution in [0.4, 0.5) is 0 Å². The van der Waals surface area contributed by atoms with Gasteiger partial charge in [-0.15, -0.1) is 0 Å². The Morgan fingerprint density at radius 2 is 1.73 bits per heavy atom. The maximum atomic E-state index is 13.0. The van der Waals surface area contributed by atoms with Crippen LogP contribution in [0.2, 0.25) is 0 Å². The molecule has 1 amide bonds. The summed E-state index contributed by atoms with van der Waals surface area (Å²) in [4.78, 5) is 25.9. The smallest absolute Gasteiger partial charge is 0.303 e. The first-order valence-electron chi connectivity index (χ1n) is 10.7. The van der Waals surface area contributed by atoms with Gasteiger partial charge in [0.2, 0.25) is 0 Å². The lowest BCUT2D eigenvalue weighted by atomic mass is 10.1. The van der Waals surface area contributed by atoms with E-state index < -0.39 is 5.97 Å². The van der Waals surface area contributed by atoms with Crippen molar-refractivity contribution in [2.45, 2.75) is 25.7 Å². The third kappa shape index (κ3) is 5.58. The average Bonchev–Trinajstić information content (AvgIpc) is 3.36. The number of carbonyl (C=O) groups excluding carboxylic acids is 1. The number of carbonyl (C=O) groups is 2. The van der Waals surface area contributed by atoms with Crippen LogP contribution in [0.1, 0.15) is 31.2 Å². The van der Waals surface area contributed by atoms with Gasteiger partial charge in [-0.1, -0.05) is 78.9 Å². The number of amides is 1. The summed E-state index contributed by atoms with van der Waals surface area (Å²) >= 11 is 6.74. The van der Waals surface area contributed by atoms with Gasteiger partial charge >= 0.3 is 5.97 Å². The molecule has 1 saturated heterocycles. The first-order valence-corrected chi connectivity index (χ1v) is 11.9. The number of hydrogen-bond donors (Lipinski definition) is 1. The summed E-state index contributed by atoms with van der Waals surface area (Å²) in [6.45, 7) is 0.496. The quantitative estimate of drug-likeness (QED) is 0.253. The van der Waals surface area contributed by atoms with Crippen LogP contribution < -0.4 is 0 Å². The first kappa shape index (κ1) is 22.9. The fraction of sp³-hybridized carbons (Fsp3) is 0.200. The van der Waals surface area contributed by atoms with Crippen LogP contribution >= 0.6 is 24.0 Å². The molecule has 8 heteroatoms. The van der Waals surface area contributed by atoms with E-state index in [2.05, 4.69) is 0 Å². The van der Waals surface area contributed by atoms with E-state index in [1.54, 1.807) is 4.90 Å². The molecule has 3 aromatic rings. The minimum atomic E-state index is -0.797. The van der Waals surface area contributed by atoms with Crippen LogP contribution in [0.25, 0.3) is 23.0 Å². The third-order valence-corrected chi connectivity index (χ3v) is 6.62. The molecule has 0 saturated carbocycles. The molecule has 0 atom stereocenters. The zero-order valence-corrected chi connectivity index (χ0v) is 19.5. The van der Waals surface area contributed by atoms with E-state index in [4.69, 9.17) is 22.4 Å². The Labute approximate surface area is 201 Å². The number of aliphatic carboxylic acids is 1. The SMILES string of the molecule is O=C(O)CCCCCN1C(=O)/C(=C\c2cn(-c3ccccc3)nc2-c2ccccc2)SC1=S. The second-order valence-electron chi connectivity index (χ2n) is 7.62.